The molecule has 0 unspecified atom stereocenters. The lowest BCUT2D eigenvalue weighted by atomic mass is 9.89. The van der Waals surface area contributed by atoms with E-state index in [0.29, 0.717) is 0 Å². The highest BCUT2D eigenvalue weighted by Gasteiger charge is 2.43. The molecule has 3 aliphatic rings. The van der Waals surface area contributed by atoms with Crippen LogP contribution in [-0.2, 0) is 11.3 Å². The quantitative estimate of drug-likeness (QED) is 0.903. The fourth-order valence-corrected chi connectivity index (χ4v) is 4.41. The van der Waals surface area contributed by atoms with Gasteiger partial charge in [-0.15, -0.1) is 0 Å². The lowest BCUT2D eigenvalue weighted by Crippen LogP contribution is -2.52. The van der Waals surface area contributed by atoms with Crippen LogP contribution in [-0.4, -0.2) is 65.4 Å². The van der Waals surface area contributed by atoms with Gasteiger partial charge in [0.2, 0.25) is 0 Å². The highest BCUT2D eigenvalue weighted by molar-refractivity contribution is 5.74. The van der Waals surface area contributed by atoms with Gasteiger partial charge in [-0.2, -0.15) is 0 Å². The van der Waals surface area contributed by atoms with Gasteiger partial charge in [0.1, 0.15) is 5.76 Å². The summed E-state index contributed by atoms with van der Waals surface area (Å²) in [5, 5.41) is 7.33. The summed E-state index contributed by atoms with van der Waals surface area (Å²) in [5.74, 6) is 0.850. The molecule has 1 spiro atoms. The molecule has 0 bridgehead atoms. The van der Waals surface area contributed by atoms with Crippen LogP contribution in [0.5, 0.6) is 0 Å². The van der Waals surface area contributed by atoms with Crippen molar-refractivity contribution in [3.8, 4) is 0 Å². The van der Waals surface area contributed by atoms with Crippen molar-refractivity contribution in [3.63, 3.8) is 0 Å². The average molecular weight is 348 g/mol. The Kier molecular flexibility index (Phi) is 4.69. The lowest BCUT2D eigenvalue weighted by molar-refractivity contribution is -0.0793. The van der Waals surface area contributed by atoms with E-state index in [2.05, 4.69) is 15.4 Å². The monoisotopic (exact) mass is 348 g/mol. The van der Waals surface area contributed by atoms with Crippen molar-refractivity contribution >= 4 is 6.03 Å². The molecular formula is C18H28N4O3. The molecule has 25 heavy (non-hydrogen) atoms. The molecule has 138 valence electrons. The van der Waals surface area contributed by atoms with Crippen molar-refractivity contribution in [1.82, 2.24) is 20.3 Å². The van der Waals surface area contributed by atoms with Gasteiger partial charge in [0, 0.05) is 51.4 Å². The first-order chi connectivity index (χ1) is 12.1. The van der Waals surface area contributed by atoms with Crippen molar-refractivity contribution in [1.29, 1.82) is 0 Å². The Labute approximate surface area is 148 Å². The average Bonchev–Trinajstić information content (AvgIpc) is 3.31. The first-order valence-electron chi connectivity index (χ1n) is 9.46. The molecular weight excluding hydrogens is 320 g/mol. The second-order valence-corrected chi connectivity index (χ2v) is 7.75. The summed E-state index contributed by atoms with van der Waals surface area (Å²) in [7, 11) is 0. The topological polar surface area (TPSA) is 70.8 Å². The number of hydrogen-bond donors (Lipinski definition) is 1. The SMILES string of the molecule is Cc1cc(CN2CC[C@]3(C[C@@H](NC(=O)N4CCCC4)CCO3)C2)no1. The minimum absolute atomic E-state index is 0.104. The van der Waals surface area contributed by atoms with E-state index in [1.54, 1.807) is 0 Å². The van der Waals surface area contributed by atoms with E-state index in [9.17, 15) is 4.79 Å². The van der Waals surface area contributed by atoms with Gasteiger partial charge in [-0.3, -0.25) is 4.90 Å². The van der Waals surface area contributed by atoms with Crippen molar-refractivity contribution < 1.29 is 14.1 Å². The molecule has 2 atom stereocenters. The highest BCUT2D eigenvalue weighted by atomic mass is 16.5. The smallest absolute Gasteiger partial charge is 0.317 e. The summed E-state index contributed by atoms with van der Waals surface area (Å²) >= 11 is 0. The number of nitrogens with one attached hydrogen (secondary N) is 1. The molecule has 1 aromatic rings. The summed E-state index contributed by atoms with van der Waals surface area (Å²) in [5.41, 5.74) is 0.851. The van der Waals surface area contributed by atoms with Gasteiger partial charge in [-0.05, 0) is 39.0 Å². The predicted octanol–water partition coefficient (Wildman–Crippen LogP) is 1.91. The van der Waals surface area contributed by atoms with Crippen molar-refractivity contribution in [3.05, 3.63) is 17.5 Å². The number of urea groups is 1. The molecule has 1 N–H and O–H groups in total. The maximum Gasteiger partial charge on any atom is 0.317 e. The molecule has 7 heteroatoms. The molecule has 0 saturated carbocycles. The molecule has 0 aliphatic carbocycles. The van der Waals surface area contributed by atoms with Crippen molar-refractivity contribution in [2.75, 3.05) is 32.8 Å². The van der Waals surface area contributed by atoms with Crippen LogP contribution in [0, 0.1) is 6.92 Å². The van der Waals surface area contributed by atoms with Gasteiger partial charge < -0.3 is 19.5 Å². The molecule has 0 aromatic carbocycles. The Balaban J connectivity index is 1.32. The summed E-state index contributed by atoms with van der Waals surface area (Å²) in [4.78, 5) is 16.7. The van der Waals surface area contributed by atoms with Crippen LogP contribution in [0.1, 0.15) is 43.6 Å². The molecule has 4 rings (SSSR count). The molecule has 0 radical (unpaired) electrons. The van der Waals surface area contributed by atoms with Gasteiger partial charge >= 0.3 is 6.03 Å². The number of rotatable bonds is 3. The van der Waals surface area contributed by atoms with E-state index in [1.807, 2.05) is 17.9 Å². The number of carbonyl (C=O) groups is 1. The molecule has 3 fully saturated rings. The Morgan fingerprint density at radius 1 is 1.40 bits per heavy atom. The lowest BCUT2D eigenvalue weighted by Gasteiger charge is -2.39. The Hall–Kier alpha value is -1.60. The van der Waals surface area contributed by atoms with Crippen LogP contribution in [0.2, 0.25) is 0 Å². The van der Waals surface area contributed by atoms with E-state index in [0.717, 1.165) is 82.9 Å². The fourth-order valence-electron chi connectivity index (χ4n) is 4.41. The summed E-state index contributed by atoms with van der Waals surface area (Å²) in [6.45, 7) is 7.12. The number of amides is 2. The van der Waals surface area contributed by atoms with Gasteiger partial charge in [0.05, 0.1) is 11.3 Å². The normalized spacial score (nSPS) is 30.3. The molecule has 2 amide bonds. The highest BCUT2D eigenvalue weighted by Crippen LogP contribution is 2.35. The van der Waals surface area contributed by atoms with E-state index < -0.39 is 0 Å². The number of aromatic nitrogens is 1. The number of carbonyl (C=O) groups excluding carboxylic acids is 1. The first kappa shape index (κ1) is 16.8. The van der Waals surface area contributed by atoms with Crippen LogP contribution in [0.3, 0.4) is 0 Å². The zero-order valence-electron chi connectivity index (χ0n) is 15.0. The second kappa shape index (κ2) is 6.96. The van der Waals surface area contributed by atoms with E-state index in [1.165, 1.54) is 0 Å². The standard InChI is InChI=1S/C18H28N4O3/c1-14-10-16(20-25-14)12-21-8-5-18(13-21)11-15(4-9-24-18)19-17(23)22-6-2-3-7-22/h10,15H,2-9,11-13H2,1H3,(H,19,23)/t15-,18-/m0/s1. The number of likely N-dealkylation sites (tertiary alicyclic amines) is 2. The van der Waals surface area contributed by atoms with Crippen LogP contribution in [0.4, 0.5) is 4.79 Å². The van der Waals surface area contributed by atoms with Crippen LogP contribution in [0.15, 0.2) is 10.6 Å². The van der Waals surface area contributed by atoms with Crippen LogP contribution >= 0.6 is 0 Å². The zero-order chi connectivity index (χ0) is 17.3. The first-order valence-corrected chi connectivity index (χ1v) is 9.46. The third-order valence-electron chi connectivity index (χ3n) is 5.67. The second-order valence-electron chi connectivity index (χ2n) is 7.75. The summed E-state index contributed by atoms with van der Waals surface area (Å²) < 4.78 is 11.3. The van der Waals surface area contributed by atoms with Crippen LogP contribution < -0.4 is 5.32 Å². The molecule has 4 heterocycles. The Bertz CT molecular complexity index is 613. The summed E-state index contributed by atoms with van der Waals surface area (Å²) in [6, 6.07) is 2.31. The van der Waals surface area contributed by atoms with E-state index in [4.69, 9.17) is 9.26 Å². The third-order valence-corrected chi connectivity index (χ3v) is 5.67. The number of nitrogens with zero attached hydrogens (tertiary/aromatic N) is 3. The molecule has 3 saturated heterocycles. The Morgan fingerprint density at radius 3 is 3.00 bits per heavy atom. The summed E-state index contributed by atoms with van der Waals surface area (Å²) in [6.07, 6.45) is 5.08. The van der Waals surface area contributed by atoms with Gasteiger partial charge in [-0.1, -0.05) is 5.16 Å². The minimum atomic E-state index is -0.125. The number of aryl methyl sites for hydroxylation is 1. The molecule has 7 nitrogen and oxygen atoms in total. The van der Waals surface area contributed by atoms with E-state index >= 15 is 0 Å². The number of hydrogen-bond acceptors (Lipinski definition) is 5. The molecule has 1 aromatic heterocycles. The van der Waals surface area contributed by atoms with Crippen molar-refractivity contribution in [2.45, 2.75) is 57.2 Å². The maximum absolute atomic E-state index is 12.4. The van der Waals surface area contributed by atoms with Crippen LogP contribution in [0.25, 0.3) is 0 Å². The van der Waals surface area contributed by atoms with Gasteiger partial charge in [0.15, 0.2) is 0 Å². The van der Waals surface area contributed by atoms with Gasteiger partial charge in [-0.25, -0.2) is 4.79 Å². The third kappa shape index (κ3) is 3.82. The maximum atomic E-state index is 12.4. The Morgan fingerprint density at radius 2 is 2.24 bits per heavy atom. The van der Waals surface area contributed by atoms with E-state index in [-0.39, 0.29) is 17.7 Å². The van der Waals surface area contributed by atoms with Gasteiger partial charge in [0.25, 0.3) is 0 Å². The fraction of sp³-hybridized carbons (Fsp3) is 0.778. The number of ether oxygens (including phenoxy) is 1. The predicted molar refractivity (Wildman–Crippen MR) is 92.2 cm³/mol. The molecule has 3 aliphatic heterocycles. The minimum Gasteiger partial charge on any atom is -0.373 e. The largest absolute Gasteiger partial charge is 0.373 e. The van der Waals surface area contributed by atoms with Crippen molar-refractivity contribution in [2.24, 2.45) is 0 Å². The zero-order valence-corrected chi connectivity index (χ0v) is 15.0.